The zero-order valence-corrected chi connectivity index (χ0v) is 11.2. The van der Waals surface area contributed by atoms with E-state index in [2.05, 4.69) is 6.58 Å². The molecule has 0 aliphatic carbocycles. The molecule has 3 nitrogen and oxygen atoms in total. The molecule has 0 bridgehead atoms. The van der Waals surface area contributed by atoms with E-state index in [9.17, 15) is 0 Å². The van der Waals surface area contributed by atoms with Crippen LogP contribution < -0.4 is 15.2 Å². The third-order valence-corrected chi connectivity index (χ3v) is 2.80. The highest BCUT2D eigenvalue weighted by molar-refractivity contribution is 5.40. The number of benzene rings is 1. The van der Waals surface area contributed by atoms with Crippen LogP contribution in [-0.2, 0) is 6.54 Å². The van der Waals surface area contributed by atoms with Gasteiger partial charge in [0.15, 0.2) is 0 Å². The monoisotopic (exact) mass is 249 g/mol. The molecule has 3 heteroatoms. The Bertz CT molecular complexity index is 364. The van der Waals surface area contributed by atoms with Crippen LogP contribution in [0.1, 0.15) is 31.2 Å². The topological polar surface area (TPSA) is 44.5 Å². The Morgan fingerprint density at radius 3 is 2.78 bits per heavy atom. The highest BCUT2D eigenvalue weighted by Crippen LogP contribution is 2.24. The molecule has 0 amide bonds. The van der Waals surface area contributed by atoms with Gasteiger partial charge in [-0.15, -0.1) is 6.58 Å². The van der Waals surface area contributed by atoms with Crippen molar-refractivity contribution in [3.63, 3.8) is 0 Å². The average Bonchev–Trinajstić information content (AvgIpc) is 2.42. The van der Waals surface area contributed by atoms with Crippen molar-refractivity contribution < 1.29 is 9.47 Å². The molecule has 0 heterocycles. The zero-order chi connectivity index (χ0) is 13.2. The molecule has 0 atom stereocenters. The first-order valence-electron chi connectivity index (χ1n) is 6.42. The van der Waals surface area contributed by atoms with E-state index < -0.39 is 0 Å². The number of ether oxygens (including phenoxy) is 2. The van der Waals surface area contributed by atoms with Gasteiger partial charge < -0.3 is 15.2 Å². The first-order chi connectivity index (χ1) is 8.81. The molecule has 0 aliphatic rings. The van der Waals surface area contributed by atoms with Crippen molar-refractivity contribution in [2.24, 2.45) is 5.73 Å². The summed E-state index contributed by atoms with van der Waals surface area (Å²) in [6, 6.07) is 5.75. The van der Waals surface area contributed by atoms with Crippen LogP contribution in [0.3, 0.4) is 0 Å². The Morgan fingerprint density at radius 1 is 1.28 bits per heavy atom. The van der Waals surface area contributed by atoms with E-state index >= 15 is 0 Å². The number of hydrogen-bond donors (Lipinski definition) is 1. The lowest BCUT2D eigenvalue weighted by Crippen LogP contribution is -2.04. The molecular formula is C15H23NO2. The molecule has 2 N–H and O–H groups in total. The van der Waals surface area contributed by atoms with Crippen LogP contribution in [0, 0.1) is 0 Å². The molecule has 1 aromatic rings. The van der Waals surface area contributed by atoms with Crippen molar-refractivity contribution in [3.05, 3.63) is 36.4 Å². The first-order valence-corrected chi connectivity index (χ1v) is 6.42. The van der Waals surface area contributed by atoms with Crippen LogP contribution >= 0.6 is 0 Å². The van der Waals surface area contributed by atoms with E-state index in [-0.39, 0.29) is 0 Å². The second-order valence-corrected chi connectivity index (χ2v) is 4.16. The summed E-state index contributed by atoms with van der Waals surface area (Å²) in [5, 5.41) is 0. The molecular weight excluding hydrogens is 226 g/mol. The second kappa shape index (κ2) is 8.59. The van der Waals surface area contributed by atoms with Gasteiger partial charge in [-0.25, -0.2) is 0 Å². The molecule has 100 valence electrons. The van der Waals surface area contributed by atoms with Crippen molar-refractivity contribution in [2.75, 3.05) is 13.7 Å². The maximum atomic E-state index is 5.76. The summed E-state index contributed by atoms with van der Waals surface area (Å²) in [7, 11) is 1.65. The van der Waals surface area contributed by atoms with Crippen LogP contribution in [0.4, 0.5) is 0 Å². The standard InChI is InChI=1S/C15H23NO2/c1-3-4-5-6-7-10-18-15-11-14(17-2)9-8-13(15)12-16/h3,8-9,11H,1,4-7,10,12,16H2,2H3. The molecule has 18 heavy (non-hydrogen) atoms. The Hall–Kier alpha value is -1.48. The lowest BCUT2D eigenvalue weighted by Gasteiger charge is -2.11. The fourth-order valence-electron chi connectivity index (χ4n) is 1.71. The second-order valence-electron chi connectivity index (χ2n) is 4.16. The van der Waals surface area contributed by atoms with E-state index in [0.29, 0.717) is 6.54 Å². The van der Waals surface area contributed by atoms with Crippen LogP contribution in [0.25, 0.3) is 0 Å². The fraction of sp³-hybridized carbons (Fsp3) is 0.467. The third-order valence-electron chi connectivity index (χ3n) is 2.80. The van der Waals surface area contributed by atoms with E-state index in [1.165, 1.54) is 6.42 Å². The summed E-state index contributed by atoms with van der Waals surface area (Å²) in [5.74, 6) is 1.63. The Labute approximate surface area is 110 Å². The number of rotatable bonds is 9. The van der Waals surface area contributed by atoms with Crippen LogP contribution in [0.2, 0.25) is 0 Å². The minimum absolute atomic E-state index is 0.482. The fourth-order valence-corrected chi connectivity index (χ4v) is 1.71. The molecule has 0 aromatic heterocycles. The highest BCUT2D eigenvalue weighted by Gasteiger charge is 2.04. The molecule has 1 rings (SSSR count). The van der Waals surface area contributed by atoms with Gasteiger partial charge in [0.25, 0.3) is 0 Å². The molecule has 1 aromatic carbocycles. The Kier molecular flexibility index (Phi) is 6.96. The maximum Gasteiger partial charge on any atom is 0.127 e. The smallest absolute Gasteiger partial charge is 0.127 e. The minimum atomic E-state index is 0.482. The largest absolute Gasteiger partial charge is 0.497 e. The van der Waals surface area contributed by atoms with Crippen molar-refractivity contribution in [1.82, 2.24) is 0 Å². The van der Waals surface area contributed by atoms with Crippen molar-refractivity contribution >= 4 is 0 Å². The van der Waals surface area contributed by atoms with Crippen molar-refractivity contribution in [1.29, 1.82) is 0 Å². The molecule has 0 spiro atoms. The quantitative estimate of drug-likeness (QED) is 0.539. The molecule has 0 radical (unpaired) electrons. The number of hydrogen-bond acceptors (Lipinski definition) is 3. The van der Waals surface area contributed by atoms with Gasteiger partial charge in [0.1, 0.15) is 11.5 Å². The SMILES string of the molecule is C=CCCCCCOc1cc(OC)ccc1CN. The summed E-state index contributed by atoms with van der Waals surface area (Å²) in [6.07, 6.45) is 6.42. The van der Waals surface area contributed by atoms with Gasteiger partial charge in [0.2, 0.25) is 0 Å². The predicted octanol–water partition coefficient (Wildman–Crippen LogP) is 3.28. The predicted molar refractivity (Wildman–Crippen MR) is 75.0 cm³/mol. The summed E-state index contributed by atoms with van der Waals surface area (Å²) in [6.45, 7) is 4.91. The van der Waals surface area contributed by atoms with E-state index in [4.69, 9.17) is 15.2 Å². The summed E-state index contributed by atoms with van der Waals surface area (Å²) < 4.78 is 10.9. The van der Waals surface area contributed by atoms with Gasteiger partial charge in [-0.2, -0.15) is 0 Å². The van der Waals surface area contributed by atoms with E-state index in [1.54, 1.807) is 7.11 Å². The first kappa shape index (κ1) is 14.6. The zero-order valence-electron chi connectivity index (χ0n) is 11.2. The van der Waals surface area contributed by atoms with Gasteiger partial charge in [-0.1, -0.05) is 12.1 Å². The Morgan fingerprint density at radius 2 is 2.11 bits per heavy atom. The van der Waals surface area contributed by atoms with E-state index in [1.807, 2.05) is 24.3 Å². The summed E-state index contributed by atoms with van der Waals surface area (Å²) in [5.41, 5.74) is 6.70. The van der Waals surface area contributed by atoms with E-state index in [0.717, 1.165) is 42.9 Å². The van der Waals surface area contributed by atoms with Gasteiger partial charge >= 0.3 is 0 Å². The maximum absolute atomic E-state index is 5.76. The van der Waals surface area contributed by atoms with Crippen molar-refractivity contribution in [3.8, 4) is 11.5 Å². The number of methoxy groups -OCH3 is 1. The average molecular weight is 249 g/mol. The summed E-state index contributed by atoms with van der Waals surface area (Å²) in [4.78, 5) is 0. The van der Waals surface area contributed by atoms with Gasteiger partial charge in [-0.3, -0.25) is 0 Å². The molecule has 0 saturated heterocycles. The Balaban J connectivity index is 2.42. The normalized spacial score (nSPS) is 10.1. The number of allylic oxidation sites excluding steroid dienone is 1. The minimum Gasteiger partial charge on any atom is -0.497 e. The van der Waals surface area contributed by atoms with Crippen molar-refractivity contribution in [2.45, 2.75) is 32.2 Å². The number of unbranched alkanes of at least 4 members (excludes halogenated alkanes) is 3. The number of nitrogens with two attached hydrogens (primary N) is 1. The van der Waals surface area contributed by atoms with Crippen LogP contribution in [0.15, 0.2) is 30.9 Å². The van der Waals surface area contributed by atoms with Gasteiger partial charge in [0, 0.05) is 18.2 Å². The molecule has 0 unspecified atom stereocenters. The van der Waals surface area contributed by atoms with Gasteiger partial charge in [0.05, 0.1) is 13.7 Å². The highest BCUT2D eigenvalue weighted by atomic mass is 16.5. The lowest BCUT2D eigenvalue weighted by atomic mass is 10.2. The molecule has 0 fully saturated rings. The summed E-state index contributed by atoms with van der Waals surface area (Å²) >= 11 is 0. The lowest BCUT2D eigenvalue weighted by molar-refractivity contribution is 0.300. The van der Waals surface area contributed by atoms with Gasteiger partial charge in [-0.05, 0) is 31.7 Å². The molecule has 0 aliphatic heterocycles. The van der Waals surface area contributed by atoms with Crippen LogP contribution in [0.5, 0.6) is 11.5 Å². The van der Waals surface area contributed by atoms with Crippen LogP contribution in [-0.4, -0.2) is 13.7 Å². The third kappa shape index (κ3) is 4.80. The molecule has 0 saturated carbocycles.